The van der Waals surface area contributed by atoms with Gasteiger partial charge < -0.3 is 25.3 Å². The van der Waals surface area contributed by atoms with Crippen LogP contribution in [0.25, 0.3) is 0 Å². The van der Waals surface area contributed by atoms with Crippen molar-refractivity contribution < 1.29 is 19.1 Å². The van der Waals surface area contributed by atoms with Gasteiger partial charge in [-0.2, -0.15) is 0 Å². The number of benzene rings is 3. The fourth-order valence-corrected chi connectivity index (χ4v) is 6.12. The maximum absolute atomic E-state index is 14.5. The zero-order valence-electron chi connectivity index (χ0n) is 26.6. The largest absolute Gasteiger partial charge is 0.445 e. The molecule has 0 aliphatic heterocycles. The Morgan fingerprint density at radius 2 is 1.57 bits per heavy atom. The smallest absolute Gasteiger partial charge is 0.408 e. The highest BCUT2D eigenvalue weighted by atomic mass is 16.5. The lowest BCUT2D eigenvalue weighted by molar-refractivity contribution is -0.143. The Kier molecular flexibility index (Phi) is 10.5. The van der Waals surface area contributed by atoms with E-state index in [2.05, 4.69) is 32.7 Å². The summed E-state index contributed by atoms with van der Waals surface area (Å²) in [5, 5.41) is 5.93. The van der Waals surface area contributed by atoms with Gasteiger partial charge in [-0.3, -0.25) is 9.59 Å². The van der Waals surface area contributed by atoms with Gasteiger partial charge in [-0.05, 0) is 49.8 Å². The van der Waals surface area contributed by atoms with Gasteiger partial charge in [0, 0.05) is 35.8 Å². The molecule has 1 unspecified atom stereocenters. The van der Waals surface area contributed by atoms with Gasteiger partial charge in [-0.25, -0.2) is 9.78 Å². The van der Waals surface area contributed by atoms with Crippen molar-refractivity contribution in [3.8, 4) is 0 Å². The summed E-state index contributed by atoms with van der Waals surface area (Å²) < 4.78 is 5.48. The van der Waals surface area contributed by atoms with E-state index in [1.165, 1.54) is 11.9 Å². The van der Waals surface area contributed by atoms with Crippen LogP contribution in [0.4, 0.5) is 4.79 Å². The van der Waals surface area contributed by atoms with Crippen LogP contribution in [0.15, 0.2) is 104 Å². The SMILES string of the molecule is CC(C)(Cc1ccccc1)N(CC(=O)NCC1(c2ccccc2)CCC1)C(=O)C(Cc1cnc[nH]1)NC(=O)OCc1ccccc1. The summed E-state index contributed by atoms with van der Waals surface area (Å²) in [4.78, 5) is 49.9. The number of H-pyrrole nitrogens is 1. The van der Waals surface area contributed by atoms with Crippen LogP contribution in [-0.4, -0.2) is 57.4 Å². The molecule has 1 aromatic heterocycles. The maximum atomic E-state index is 14.5. The first kappa shape index (κ1) is 32.5. The zero-order valence-corrected chi connectivity index (χ0v) is 26.6. The summed E-state index contributed by atoms with van der Waals surface area (Å²) in [5.41, 5.74) is 2.88. The summed E-state index contributed by atoms with van der Waals surface area (Å²) in [7, 11) is 0. The standard InChI is InChI=1S/C37H43N5O4/c1-36(2,22-28-13-6-3-7-14-28)42(24-33(43)39-26-37(19-12-20-37)30-17-10-5-11-18-30)34(44)32(21-31-23-38-27-40-31)41-35(45)46-25-29-15-8-4-9-16-29/h3-11,13-18,23,27,32H,12,19-22,24-26H2,1-2H3,(H,38,40)(H,39,43)(H,41,45). The Bertz CT molecular complexity index is 1560. The Morgan fingerprint density at radius 1 is 0.935 bits per heavy atom. The van der Waals surface area contributed by atoms with E-state index in [-0.39, 0.29) is 36.8 Å². The van der Waals surface area contributed by atoms with E-state index in [9.17, 15) is 14.4 Å². The van der Waals surface area contributed by atoms with Gasteiger partial charge in [-0.15, -0.1) is 0 Å². The second kappa shape index (κ2) is 14.9. The van der Waals surface area contributed by atoms with Gasteiger partial charge >= 0.3 is 6.09 Å². The number of nitrogens with one attached hydrogen (secondary N) is 3. The molecule has 240 valence electrons. The van der Waals surface area contributed by atoms with Gasteiger partial charge in [0.2, 0.25) is 11.8 Å². The lowest BCUT2D eigenvalue weighted by Crippen LogP contribution is -2.60. The van der Waals surface area contributed by atoms with Crippen LogP contribution in [0.5, 0.6) is 0 Å². The van der Waals surface area contributed by atoms with Crippen LogP contribution in [0, 0.1) is 0 Å². The van der Waals surface area contributed by atoms with E-state index >= 15 is 0 Å². The summed E-state index contributed by atoms with van der Waals surface area (Å²) in [6.45, 7) is 4.29. The Labute approximate surface area is 270 Å². The number of hydrogen-bond donors (Lipinski definition) is 3. The normalized spacial score (nSPS) is 14.4. The number of ether oxygens (including phenoxy) is 1. The molecule has 3 N–H and O–H groups in total. The summed E-state index contributed by atoms with van der Waals surface area (Å²) in [6.07, 6.45) is 6.19. The molecule has 1 atom stereocenters. The molecule has 1 heterocycles. The molecule has 3 aromatic carbocycles. The molecule has 0 spiro atoms. The van der Waals surface area contributed by atoms with E-state index in [0.29, 0.717) is 18.7 Å². The Hall–Kier alpha value is -4.92. The molecule has 1 saturated carbocycles. The molecule has 9 nitrogen and oxygen atoms in total. The number of imidazole rings is 1. The van der Waals surface area contributed by atoms with Crippen molar-refractivity contribution in [2.75, 3.05) is 13.1 Å². The quantitative estimate of drug-likeness (QED) is 0.176. The maximum Gasteiger partial charge on any atom is 0.408 e. The minimum Gasteiger partial charge on any atom is -0.445 e. The highest BCUT2D eigenvalue weighted by Gasteiger charge is 2.40. The van der Waals surface area contributed by atoms with Gasteiger partial charge in [0.05, 0.1) is 6.33 Å². The molecule has 1 aliphatic carbocycles. The number of nitrogens with zero attached hydrogens (tertiary/aromatic N) is 2. The first-order valence-electron chi connectivity index (χ1n) is 15.9. The van der Waals surface area contributed by atoms with Gasteiger partial charge in [0.1, 0.15) is 19.2 Å². The molecular formula is C37H43N5O4. The number of carbonyl (C=O) groups excluding carboxylic acids is 3. The monoisotopic (exact) mass is 621 g/mol. The van der Waals surface area contributed by atoms with Crippen LogP contribution in [0.1, 0.15) is 55.5 Å². The molecule has 0 radical (unpaired) electrons. The van der Waals surface area contributed by atoms with Crippen LogP contribution in [0.3, 0.4) is 0 Å². The molecular weight excluding hydrogens is 578 g/mol. The topological polar surface area (TPSA) is 116 Å². The number of rotatable bonds is 14. The van der Waals surface area contributed by atoms with Crippen molar-refractivity contribution >= 4 is 17.9 Å². The molecule has 46 heavy (non-hydrogen) atoms. The van der Waals surface area contributed by atoms with Gasteiger partial charge in [0.15, 0.2) is 0 Å². The molecule has 0 saturated heterocycles. The number of alkyl carbamates (subject to hydrolysis) is 1. The van der Waals surface area contributed by atoms with E-state index in [0.717, 1.165) is 30.4 Å². The molecule has 0 bridgehead atoms. The number of aromatic nitrogens is 2. The van der Waals surface area contributed by atoms with E-state index < -0.39 is 17.7 Å². The van der Waals surface area contributed by atoms with Crippen molar-refractivity contribution in [3.05, 3.63) is 126 Å². The Morgan fingerprint density at radius 3 is 2.15 bits per heavy atom. The van der Waals surface area contributed by atoms with Gasteiger partial charge in [0.25, 0.3) is 0 Å². The van der Waals surface area contributed by atoms with E-state index in [1.54, 1.807) is 11.1 Å². The predicted octanol–water partition coefficient (Wildman–Crippen LogP) is 5.34. The van der Waals surface area contributed by atoms with Crippen LogP contribution >= 0.6 is 0 Å². The molecule has 5 rings (SSSR count). The lowest BCUT2D eigenvalue weighted by Gasteiger charge is -2.43. The molecule has 1 fully saturated rings. The predicted molar refractivity (Wildman–Crippen MR) is 177 cm³/mol. The highest BCUT2D eigenvalue weighted by molar-refractivity contribution is 5.90. The second-order valence-electron chi connectivity index (χ2n) is 12.7. The van der Waals surface area contributed by atoms with Crippen LogP contribution in [-0.2, 0) is 39.2 Å². The molecule has 1 aliphatic rings. The zero-order chi connectivity index (χ0) is 32.4. The molecule has 9 heteroatoms. The number of amides is 3. The number of aromatic amines is 1. The molecule has 3 amide bonds. The summed E-state index contributed by atoms with van der Waals surface area (Å²) >= 11 is 0. The van der Waals surface area contributed by atoms with Crippen LogP contribution < -0.4 is 10.6 Å². The highest BCUT2D eigenvalue weighted by Crippen LogP contribution is 2.43. The van der Waals surface area contributed by atoms with Crippen molar-refractivity contribution in [1.82, 2.24) is 25.5 Å². The third kappa shape index (κ3) is 8.41. The van der Waals surface area contributed by atoms with Gasteiger partial charge in [-0.1, -0.05) is 97.4 Å². The Balaban J connectivity index is 1.35. The summed E-state index contributed by atoms with van der Waals surface area (Å²) in [5.74, 6) is -0.632. The third-order valence-electron chi connectivity index (χ3n) is 8.88. The lowest BCUT2D eigenvalue weighted by atomic mass is 9.64. The van der Waals surface area contributed by atoms with Crippen molar-refractivity contribution in [3.63, 3.8) is 0 Å². The minimum atomic E-state index is -1.01. The fourth-order valence-electron chi connectivity index (χ4n) is 6.12. The molecule has 4 aromatic rings. The van der Waals surface area contributed by atoms with Crippen LogP contribution in [0.2, 0.25) is 0 Å². The second-order valence-corrected chi connectivity index (χ2v) is 12.7. The number of carbonyl (C=O) groups is 3. The first-order valence-corrected chi connectivity index (χ1v) is 15.9. The van der Waals surface area contributed by atoms with Crippen molar-refractivity contribution in [2.45, 2.75) is 69.6 Å². The van der Waals surface area contributed by atoms with Crippen molar-refractivity contribution in [2.24, 2.45) is 0 Å². The third-order valence-corrected chi connectivity index (χ3v) is 8.88. The minimum absolute atomic E-state index is 0.0619. The van der Waals surface area contributed by atoms with E-state index in [4.69, 9.17) is 4.74 Å². The fraction of sp³-hybridized carbons (Fsp3) is 0.351. The van der Waals surface area contributed by atoms with Crippen molar-refractivity contribution in [1.29, 1.82) is 0 Å². The van der Waals surface area contributed by atoms with E-state index in [1.807, 2.05) is 92.7 Å². The summed E-state index contributed by atoms with van der Waals surface area (Å²) in [6, 6.07) is 28.5. The average Bonchev–Trinajstić information content (AvgIpc) is 3.56. The number of hydrogen-bond acceptors (Lipinski definition) is 5. The average molecular weight is 622 g/mol. The first-order chi connectivity index (χ1) is 22.2.